The zero-order valence-corrected chi connectivity index (χ0v) is 13.9. The van der Waals surface area contributed by atoms with Gasteiger partial charge in [0.1, 0.15) is 0 Å². The maximum atomic E-state index is 12.7. The Kier molecular flexibility index (Phi) is 4.82. The van der Waals surface area contributed by atoms with Gasteiger partial charge in [-0.2, -0.15) is 0 Å². The average Bonchev–Trinajstić information content (AvgIpc) is 2.61. The number of benzene rings is 1. The number of pyridine rings is 2. The van der Waals surface area contributed by atoms with Gasteiger partial charge in [0.25, 0.3) is 5.91 Å². The van der Waals surface area contributed by atoms with Crippen molar-refractivity contribution in [3.8, 4) is 11.3 Å². The lowest BCUT2D eigenvalue weighted by Gasteiger charge is -2.12. The van der Waals surface area contributed by atoms with Gasteiger partial charge < -0.3 is 10.2 Å². The zero-order chi connectivity index (χ0) is 16.9. The summed E-state index contributed by atoms with van der Waals surface area (Å²) in [5.41, 5.74) is 3.17. The van der Waals surface area contributed by atoms with Gasteiger partial charge in [0.2, 0.25) is 0 Å². The Morgan fingerprint density at radius 2 is 1.88 bits per heavy atom. The van der Waals surface area contributed by atoms with Gasteiger partial charge in [-0.15, -0.1) is 0 Å². The van der Waals surface area contributed by atoms with Crippen molar-refractivity contribution in [2.75, 3.05) is 27.2 Å². The maximum absolute atomic E-state index is 12.7. The van der Waals surface area contributed by atoms with Gasteiger partial charge in [-0.3, -0.25) is 9.78 Å². The molecule has 0 saturated heterocycles. The fourth-order valence-electron chi connectivity index (χ4n) is 2.52. The largest absolute Gasteiger partial charge is 0.351 e. The van der Waals surface area contributed by atoms with E-state index < -0.39 is 0 Å². The lowest BCUT2D eigenvalue weighted by molar-refractivity contribution is 0.0952. The van der Waals surface area contributed by atoms with E-state index in [2.05, 4.69) is 15.3 Å². The van der Waals surface area contributed by atoms with E-state index in [-0.39, 0.29) is 5.91 Å². The standard InChI is InChI=1S/C19H20N4O/c1-23(2)12-11-21-19(24)16-13-18(14-7-9-20-10-8-14)22-17-6-4-3-5-15(16)17/h3-10,13H,11-12H2,1-2H3,(H,21,24). The van der Waals surface area contributed by atoms with Crippen molar-refractivity contribution < 1.29 is 4.79 Å². The number of hydrogen-bond donors (Lipinski definition) is 1. The first-order valence-corrected chi connectivity index (χ1v) is 7.88. The predicted octanol–water partition coefficient (Wildman–Crippen LogP) is 2.59. The first kappa shape index (κ1) is 16.1. The van der Waals surface area contributed by atoms with Gasteiger partial charge in [-0.05, 0) is 38.4 Å². The minimum atomic E-state index is -0.0780. The Labute approximate surface area is 141 Å². The molecule has 2 heterocycles. The predicted molar refractivity (Wildman–Crippen MR) is 95.9 cm³/mol. The minimum Gasteiger partial charge on any atom is -0.351 e. The number of rotatable bonds is 5. The third kappa shape index (κ3) is 3.58. The zero-order valence-electron chi connectivity index (χ0n) is 13.9. The highest BCUT2D eigenvalue weighted by Crippen LogP contribution is 2.24. The molecule has 0 bridgehead atoms. The van der Waals surface area contributed by atoms with Gasteiger partial charge >= 0.3 is 0 Å². The normalized spacial score (nSPS) is 11.0. The fraction of sp³-hybridized carbons (Fsp3) is 0.211. The van der Waals surface area contributed by atoms with E-state index >= 15 is 0 Å². The number of nitrogens with one attached hydrogen (secondary N) is 1. The smallest absolute Gasteiger partial charge is 0.252 e. The van der Waals surface area contributed by atoms with Crippen LogP contribution >= 0.6 is 0 Å². The summed E-state index contributed by atoms with van der Waals surface area (Å²) in [5.74, 6) is -0.0780. The molecule has 0 atom stereocenters. The number of carbonyl (C=O) groups is 1. The lowest BCUT2D eigenvalue weighted by atomic mass is 10.0. The van der Waals surface area contributed by atoms with Crippen molar-refractivity contribution in [3.05, 3.63) is 60.4 Å². The fourth-order valence-corrected chi connectivity index (χ4v) is 2.52. The highest BCUT2D eigenvalue weighted by Gasteiger charge is 2.13. The topological polar surface area (TPSA) is 58.1 Å². The monoisotopic (exact) mass is 320 g/mol. The number of hydrogen-bond acceptors (Lipinski definition) is 4. The van der Waals surface area contributed by atoms with Gasteiger partial charge in [0, 0.05) is 36.4 Å². The van der Waals surface area contributed by atoms with Gasteiger partial charge in [-0.25, -0.2) is 4.98 Å². The molecule has 0 radical (unpaired) electrons. The molecule has 0 saturated carbocycles. The van der Waals surface area contributed by atoms with E-state index in [1.807, 2.05) is 61.5 Å². The molecule has 122 valence electrons. The van der Waals surface area contributed by atoms with Crippen molar-refractivity contribution in [3.63, 3.8) is 0 Å². The van der Waals surface area contributed by atoms with Crippen LogP contribution in [0.4, 0.5) is 0 Å². The third-order valence-corrected chi connectivity index (χ3v) is 3.78. The van der Waals surface area contributed by atoms with Crippen LogP contribution in [0.1, 0.15) is 10.4 Å². The van der Waals surface area contributed by atoms with Crippen molar-refractivity contribution in [1.29, 1.82) is 0 Å². The van der Waals surface area contributed by atoms with Crippen molar-refractivity contribution >= 4 is 16.8 Å². The van der Waals surface area contributed by atoms with Crippen LogP contribution in [0.2, 0.25) is 0 Å². The molecule has 0 unspecified atom stereocenters. The first-order chi connectivity index (χ1) is 11.6. The summed E-state index contributed by atoms with van der Waals surface area (Å²) in [6, 6.07) is 13.3. The number of likely N-dealkylation sites (N-methyl/N-ethyl adjacent to an activating group) is 1. The summed E-state index contributed by atoms with van der Waals surface area (Å²) in [7, 11) is 3.96. The van der Waals surface area contributed by atoms with E-state index in [9.17, 15) is 4.79 Å². The second-order valence-electron chi connectivity index (χ2n) is 5.87. The number of amides is 1. The van der Waals surface area contributed by atoms with E-state index in [1.165, 1.54) is 0 Å². The lowest BCUT2D eigenvalue weighted by Crippen LogP contribution is -2.31. The minimum absolute atomic E-state index is 0.0780. The van der Waals surface area contributed by atoms with E-state index in [1.54, 1.807) is 12.4 Å². The summed E-state index contributed by atoms with van der Waals surface area (Å²) < 4.78 is 0. The third-order valence-electron chi connectivity index (χ3n) is 3.78. The van der Waals surface area contributed by atoms with Gasteiger partial charge in [0.05, 0.1) is 16.8 Å². The number of nitrogens with zero attached hydrogens (tertiary/aromatic N) is 3. The summed E-state index contributed by atoms with van der Waals surface area (Å²) in [6.07, 6.45) is 3.45. The highest BCUT2D eigenvalue weighted by molar-refractivity contribution is 6.07. The van der Waals surface area contributed by atoms with E-state index in [0.29, 0.717) is 12.1 Å². The Morgan fingerprint density at radius 3 is 2.62 bits per heavy atom. The van der Waals surface area contributed by atoms with Crippen LogP contribution in [0.15, 0.2) is 54.9 Å². The molecule has 0 aliphatic heterocycles. The maximum Gasteiger partial charge on any atom is 0.252 e. The molecule has 0 spiro atoms. The first-order valence-electron chi connectivity index (χ1n) is 7.88. The number of para-hydroxylation sites is 1. The molecule has 0 fully saturated rings. The summed E-state index contributed by atoms with van der Waals surface area (Å²) in [6.45, 7) is 1.40. The molecule has 2 aromatic heterocycles. The average molecular weight is 320 g/mol. The molecule has 3 aromatic rings. The Morgan fingerprint density at radius 1 is 1.12 bits per heavy atom. The molecule has 3 rings (SSSR count). The number of carbonyl (C=O) groups excluding carboxylic acids is 1. The highest BCUT2D eigenvalue weighted by atomic mass is 16.1. The van der Waals surface area contributed by atoms with E-state index in [0.717, 1.165) is 28.7 Å². The second kappa shape index (κ2) is 7.19. The second-order valence-corrected chi connectivity index (χ2v) is 5.87. The van der Waals surface area contributed by atoms with Crippen LogP contribution in [0.25, 0.3) is 22.2 Å². The molecular weight excluding hydrogens is 300 g/mol. The molecule has 5 heteroatoms. The molecule has 1 aromatic carbocycles. The molecule has 1 amide bonds. The SMILES string of the molecule is CN(C)CCNC(=O)c1cc(-c2ccncc2)nc2ccccc12. The van der Waals surface area contributed by atoms with Crippen LogP contribution in [-0.4, -0.2) is 48.0 Å². The molecule has 24 heavy (non-hydrogen) atoms. The number of fused-ring (bicyclic) bond motifs is 1. The summed E-state index contributed by atoms with van der Waals surface area (Å²) >= 11 is 0. The Balaban J connectivity index is 2.00. The molecule has 1 N–H and O–H groups in total. The quantitative estimate of drug-likeness (QED) is 0.785. The number of aromatic nitrogens is 2. The molecule has 0 aliphatic carbocycles. The summed E-state index contributed by atoms with van der Waals surface area (Å²) in [5, 5.41) is 3.84. The van der Waals surface area contributed by atoms with Crippen LogP contribution in [0.3, 0.4) is 0 Å². The molecule has 0 aliphatic rings. The molecule has 5 nitrogen and oxygen atoms in total. The Bertz CT molecular complexity index is 846. The van der Waals surface area contributed by atoms with Crippen LogP contribution < -0.4 is 5.32 Å². The Hall–Kier alpha value is -2.79. The van der Waals surface area contributed by atoms with Crippen LogP contribution in [0, 0.1) is 0 Å². The van der Waals surface area contributed by atoms with Crippen molar-refractivity contribution in [2.45, 2.75) is 0 Å². The van der Waals surface area contributed by atoms with Gasteiger partial charge in [0.15, 0.2) is 0 Å². The van der Waals surface area contributed by atoms with Crippen molar-refractivity contribution in [1.82, 2.24) is 20.2 Å². The van der Waals surface area contributed by atoms with Crippen molar-refractivity contribution in [2.24, 2.45) is 0 Å². The summed E-state index contributed by atoms with van der Waals surface area (Å²) in [4.78, 5) is 23.4. The molecular formula is C19H20N4O. The van der Waals surface area contributed by atoms with E-state index in [4.69, 9.17) is 0 Å². The van der Waals surface area contributed by atoms with Crippen LogP contribution in [0.5, 0.6) is 0 Å². The van der Waals surface area contributed by atoms with Gasteiger partial charge in [-0.1, -0.05) is 18.2 Å². The van der Waals surface area contributed by atoms with Crippen LogP contribution in [-0.2, 0) is 0 Å².